The number of nitrogens with two attached hydrogens (primary N) is 4. The number of thioether (sulfide) groups is 2. The van der Waals surface area contributed by atoms with E-state index in [1.807, 2.05) is 26.0 Å². The zero-order valence-corrected chi connectivity index (χ0v) is 34.1. The number of allylic oxidation sites excluding steroid dienone is 8. The maximum atomic E-state index is 13.6. The normalized spacial score (nSPS) is 21.4. The Labute approximate surface area is 337 Å². The molecule has 4 unspecified atom stereocenters. The Kier molecular flexibility index (Phi) is 18.0. The second kappa shape index (κ2) is 22.8. The molecule has 4 atom stereocenters. The fraction of sp³-hybridized carbons (Fsp3) is 0.579. The highest BCUT2D eigenvalue weighted by Gasteiger charge is 2.31. The SMILES string of the molecule is C/C(=N/N=C(N)N)C1=CCC(C(=O)NC(SC2=CCCCC2)C(=O)NCCNC(=O)C(NC(=O)C2CC=C(/C(C)=N/N=C(N)N)CC2)SC2=CCCCC2)CC1. The molecule has 0 bridgehead atoms. The quantitative estimate of drug-likeness (QED) is 0.0349. The molecule has 0 spiro atoms. The third-order valence-electron chi connectivity index (χ3n) is 9.91. The van der Waals surface area contributed by atoms with Crippen molar-refractivity contribution in [1.82, 2.24) is 21.3 Å². The van der Waals surface area contributed by atoms with Crippen LogP contribution >= 0.6 is 23.5 Å². The molecule has 0 saturated heterocycles. The van der Waals surface area contributed by atoms with Gasteiger partial charge in [-0.1, -0.05) is 47.8 Å². The monoisotopic (exact) mass is 810 g/mol. The molecule has 0 aromatic carbocycles. The van der Waals surface area contributed by atoms with Crippen molar-refractivity contribution in [3.05, 3.63) is 45.3 Å². The van der Waals surface area contributed by atoms with Crippen LogP contribution in [0, 0.1) is 11.8 Å². The second-order valence-electron chi connectivity index (χ2n) is 14.2. The van der Waals surface area contributed by atoms with E-state index in [1.165, 1.54) is 23.5 Å². The first-order valence-corrected chi connectivity index (χ1v) is 21.2. The average molecular weight is 811 g/mol. The smallest absolute Gasteiger partial charge is 0.253 e. The molecule has 0 fully saturated rings. The third-order valence-corrected chi connectivity index (χ3v) is 12.4. The lowest BCUT2D eigenvalue weighted by atomic mass is 9.87. The van der Waals surface area contributed by atoms with Crippen molar-refractivity contribution in [3.63, 3.8) is 0 Å². The average Bonchev–Trinajstić information content (AvgIpc) is 3.20. The number of amides is 4. The molecule has 0 aromatic rings. The van der Waals surface area contributed by atoms with E-state index in [-0.39, 0.29) is 60.5 Å². The van der Waals surface area contributed by atoms with Crippen molar-refractivity contribution in [2.24, 2.45) is 55.2 Å². The Bertz CT molecular complexity index is 1570. The molecular formula is C38H58N12O4S2. The molecule has 0 heterocycles. The first-order chi connectivity index (χ1) is 26.9. The highest BCUT2D eigenvalue weighted by Crippen LogP contribution is 2.33. The third kappa shape index (κ3) is 14.8. The van der Waals surface area contributed by atoms with E-state index in [0.717, 1.165) is 72.3 Å². The summed E-state index contributed by atoms with van der Waals surface area (Å²) >= 11 is 2.74. The summed E-state index contributed by atoms with van der Waals surface area (Å²) in [6.45, 7) is 3.93. The van der Waals surface area contributed by atoms with Crippen LogP contribution in [0.4, 0.5) is 0 Å². The van der Waals surface area contributed by atoms with Gasteiger partial charge in [0, 0.05) is 24.9 Å². The lowest BCUT2D eigenvalue weighted by molar-refractivity contribution is -0.129. The Morgan fingerprint density at radius 1 is 0.625 bits per heavy atom. The predicted molar refractivity (Wildman–Crippen MR) is 227 cm³/mol. The van der Waals surface area contributed by atoms with E-state index in [1.54, 1.807) is 0 Å². The van der Waals surface area contributed by atoms with E-state index in [2.05, 4.69) is 53.8 Å². The van der Waals surface area contributed by atoms with E-state index >= 15 is 0 Å². The van der Waals surface area contributed by atoms with Crippen molar-refractivity contribution in [2.45, 2.75) is 114 Å². The van der Waals surface area contributed by atoms with Gasteiger partial charge < -0.3 is 44.2 Å². The van der Waals surface area contributed by atoms with Gasteiger partial charge in [0.25, 0.3) is 11.8 Å². The minimum absolute atomic E-state index is 0.123. The van der Waals surface area contributed by atoms with Crippen molar-refractivity contribution < 1.29 is 19.2 Å². The standard InChI is InChI=1S/C38H58N12O4S2/c1-23(47-49-37(39)40)25-13-17-27(18-14-25)31(51)45-35(55-29-9-5-3-6-10-29)33(53)43-21-22-44-34(54)36(56-30-11-7-4-8-12-30)46-32(52)28-19-15-26(16-20-28)24(2)48-50-38(41)42/h9,11,13,15,27-28,35-36H,3-8,10,12,14,16-22H2,1-2H3,(H,43,53)(H,44,54)(H,45,51)(H,46,52)(H4,39,40,49)(H4,41,42,50)/b47-23-,48-24+. The molecule has 16 nitrogen and oxygen atoms in total. The Hall–Kier alpha value is -4.58. The van der Waals surface area contributed by atoms with E-state index in [4.69, 9.17) is 22.9 Å². The molecule has 56 heavy (non-hydrogen) atoms. The van der Waals surface area contributed by atoms with Crippen molar-refractivity contribution in [3.8, 4) is 0 Å². The van der Waals surface area contributed by atoms with Gasteiger partial charge in [-0.15, -0.1) is 10.2 Å². The zero-order chi connectivity index (χ0) is 40.5. The molecule has 0 radical (unpaired) electrons. The lowest BCUT2D eigenvalue weighted by Gasteiger charge is -2.26. The Morgan fingerprint density at radius 2 is 1.04 bits per heavy atom. The summed E-state index contributed by atoms with van der Waals surface area (Å²) in [6.07, 6.45) is 19.5. The van der Waals surface area contributed by atoms with Crippen LogP contribution in [0.1, 0.15) is 104 Å². The largest absolute Gasteiger partial charge is 0.369 e. The molecule has 0 aliphatic heterocycles. The van der Waals surface area contributed by atoms with Crippen LogP contribution in [0.3, 0.4) is 0 Å². The molecule has 0 aromatic heterocycles. The molecule has 4 aliphatic rings. The van der Waals surface area contributed by atoms with E-state index in [0.29, 0.717) is 49.9 Å². The maximum Gasteiger partial charge on any atom is 0.253 e. The van der Waals surface area contributed by atoms with E-state index < -0.39 is 10.7 Å². The number of rotatable bonds is 17. The van der Waals surface area contributed by atoms with Crippen LogP contribution in [0.25, 0.3) is 0 Å². The minimum Gasteiger partial charge on any atom is -0.369 e. The Balaban J connectivity index is 1.33. The summed E-state index contributed by atoms with van der Waals surface area (Å²) in [6, 6.07) is 0. The van der Waals surface area contributed by atoms with Gasteiger partial charge in [-0.05, 0) is 125 Å². The molecule has 4 aliphatic carbocycles. The summed E-state index contributed by atoms with van der Waals surface area (Å²) in [5.41, 5.74) is 24.9. The highest BCUT2D eigenvalue weighted by molar-refractivity contribution is 8.04. The first kappa shape index (κ1) is 44.1. The summed E-state index contributed by atoms with van der Waals surface area (Å²) in [7, 11) is 0. The second-order valence-corrected chi connectivity index (χ2v) is 16.7. The minimum atomic E-state index is -0.828. The van der Waals surface area contributed by atoms with Gasteiger partial charge in [-0.25, -0.2) is 0 Å². The fourth-order valence-electron chi connectivity index (χ4n) is 6.68. The number of nitrogens with one attached hydrogen (secondary N) is 4. The number of hydrogen-bond acceptors (Lipinski definition) is 10. The fourth-order valence-corrected chi connectivity index (χ4v) is 8.97. The number of guanidine groups is 2. The number of nitrogens with zero attached hydrogens (tertiary/aromatic N) is 4. The molecular weight excluding hydrogens is 753 g/mol. The summed E-state index contributed by atoms with van der Waals surface area (Å²) < 4.78 is 0. The molecule has 18 heteroatoms. The lowest BCUT2D eigenvalue weighted by Crippen LogP contribution is -2.50. The number of carbonyl (C=O) groups excluding carboxylic acids is 4. The summed E-state index contributed by atoms with van der Waals surface area (Å²) in [4.78, 5) is 56.1. The van der Waals surface area contributed by atoms with Gasteiger partial charge in [0.2, 0.25) is 23.7 Å². The van der Waals surface area contributed by atoms with Crippen molar-refractivity contribution in [1.29, 1.82) is 0 Å². The molecule has 12 N–H and O–H groups in total. The van der Waals surface area contributed by atoms with Crippen molar-refractivity contribution >= 4 is 70.5 Å². The van der Waals surface area contributed by atoms with Crippen LogP contribution in [-0.2, 0) is 19.2 Å². The van der Waals surface area contributed by atoms with Crippen LogP contribution in [0.5, 0.6) is 0 Å². The van der Waals surface area contributed by atoms with Gasteiger partial charge in [0.15, 0.2) is 10.7 Å². The molecule has 306 valence electrons. The van der Waals surface area contributed by atoms with Gasteiger partial charge >= 0.3 is 0 Å². The highest BCUT2D eigenvalue weighted by atomic mass is 32.2. The summed E-state index contributed by atoms with van der Waals surface area (Å²) in [5, 5.41) is 25.6. The first-order valence-electron chi connectivity index (χ1n) is 19.4. The topological polar surface area (TPSA) is 270 Å². The molecule has 4 rings (SSSR count). The predicted octanol–water partition coefficient (Wildman–Crippen LogP) is 3.24. The van der Waals surface area contributed by atoms with Gasteiger partial charge in [-0.3, -0.25) is 19.2 Å². The van der Waals surface area contributed by atoms with Crippen LogP contribution in [0.15, 0.2) is 65.7 Å². The van der Waals surface area contributed by atoms with Gasteiger partial charge in [-0.2, -0.15) is 10.2 Å². The Morgan fingerprint density at radius 3 is 1.36 bits per heavy atom. The molecule has 4 amide bonds. The number of carbonyl (C=O) groups is 4. The maximum absolute atomic E-state index is 13.6. The van der Waals surface area contributed by atoms with Gasteiger partial charge in [0.05, 0.1) is 11.4 Å². The van der Waals surface area contributed by atoms with Crippen LogP contribution in [0.2, 0.25) is 0 Å². The number of hydrogen-bond donors (Lipinski definition) is 8. The molecule has 0 saturated carbocycles. The van der Waals surface area contributed by atoms with Crippen LogP contribution < -0.4 is 44.2 Å². The summed E-state index contributed by atoms with van der Waals surface area (Å²) in [5.74, 6) is -1.91. The van der Waals surface area contributed by atoms with Crippen molar-refractivity contribution in [2.75, 3.05) is 13.1 Å². The van der Waals surface area contributed by atoms with Gasteiger partial charge in [0.1, 0.15) is 0 Å². The zero-order valence-electron chi connectivity index (χ0n) is 32.5. The van der Waals surface area contributed by atoms with Crippen LogP contribution in [-0.4, -0.2) is 70.8 Å². The van der Waals surface area contributed by atoms with E-state index in [9.17, 15) is 19.2 Å².